The maximum Gasteiger partial charge on any atom is 0.252 e. The minimum Gasteiger partial charge on any atom is -0.351 e. The molecule has 162 valence electrons. The molecule has 0 radical (unpaired) electrons. The van der Waals surface area contributed by atoms with E-state index in [1.807, 2.05) is 6.92 Å². The van der Waals surface area contributed by atoms with Crippen LogP contribution < -0.4 is 5.32 Å². The second-order valence-corrected chi connectivity index (χ2v) is 10.3. The number of aromatic nitrogens is 2. The number of carbonyl (C=O) groups is 1. The van der Waals surface area contributed by atoms with Crippen LogP contribution in [0.2, 0.25) is 10.0 Å². The van der Waals surface area contributed by atoms with Crippen molar-refractivity contribution in [1.29, 1.82) is 0 Å². The summed E-state index contributed by atoms with van der Waals surface area (Å²) in [6, 6.07) is 4.71. The highest BCUT2D eigenvalue weighted by atomic mass is 35.5. The third-order valence-corrected chi connectivity index (χ3v) is 8.03. The summed E-state index contributed by atoms with van der Waals surface area (Å²) in [5.41, 5.74) is 0.555. The summed E-state index contributed by atoms with van der Waals surface area (Å²) in [6.45, 7) is 2.89. The number of hydrogen-bond acceptors (Lipinski definition) is 5. The average Bonchev–Trinajstić information content (AvgIpc) is 2.73. The Labute approximate surface area is 186 Å². The van der Waals surface area contributed by atoms with Gasteiger partial charge in [0, 0.05) is 48.7 Å². The first-order valence-corrected chi connectivity index (χ1v) is 12.1. The summed E-state index contributed by atoms with van der Waals surface area (Å²) >= 11 is 12.1. The van der Waals surface area contributed by atoms with Crippen LogP contribution in [0.25, 0.3) is 0 Å². The lowest BCUT2D eigenvalue weighted by molar-refractivity contribution is 0.0932. The molecule has 1 amide bonds. The maximum atomic E-state index is 12.7. The molecule has 1 saturated heterocycles. The molecule has 0 bridgehead atoms. The van der Waals surface area contributed by atoms with Gasteiger partial charge in [-0.15, -0.1) is 0 Å². The van der Waals surface area contributed by atoms with Crippen molar-refractivity contribution < 1.29 is 13.2 Å². The van der Waals surface area contributed by atoms with Gasteiger partial charge >= 0.3 is 0 Å². The number of halogens is 2. The van der Waals surface area contributed by atoms with Crippen LogP contribution in [0.5, 0.6) is 0 Å². The molecule has 1 N–H and O–H groups in total. The third-order valence-electron chi connectivity index (χ3n) is 5.40. The largest absolute Gasteiger partial charge is 0.351 e. The first-order chi connectivity index (χ1) is 14.3. The highest BCUT2D eigenvalue weighted by Crippen LogP contribution is 2.35. The Hall–Kier alpha value is -1.74. The Morgan fingerprint density at radius 2 is 1.97 bits per heavy atom. The van der Waals surface area contributed by atoms with Gasteiger partial charge in [-0.05, 0) is 37.5 Å². The van der Waals surface area contributed by atoms with Gasteiger partial charge in [0.2, 0.25) is 10.0 Å². The molecule has 1 aromatic heterocycles. The topological polar surface area (TPSA) is 92.3 Å². The van der Waals surface area contributed by atoms with Crippen LogP contribution in [0.1, 0.15) is 42.2 Å². The smallest absolute Gasteiger partial charge is 0.252 e. The van der Waals surface area contributed by atoms with Gasteiger partial charge in [-0.1, -0.05) is 30.1 Å². The number of rotatable bonds is 7. The lowest BCUT2D eigenvalue weighted by atomic mass is 9.76. The zero-order chi connectivity index (χ0) is 21.8. The third kappa shape index (κ3) is 5.11. The molecule has 0 atom stereocenters. The first kappa shape index (κ1) is 22.9. The van der Waals surface area contributed by atoms with Crippen LogP contribution >= 0.6 is 23.2 Å². The van der Waals surface area contributed by atoms with Crippen molar-refractivity contribution in [3.8, 4) is 0 Å². The summed E-state index contributed by atoms with van der Waals surface area (Å²) in [7, 11) is -3.27. The fourth-order valence-corrected chi connectivity index (χ4v) is 5.70. The van der Waals surface area contributed by atoms with Gasteiger partial charge in [0.05, 0.1) is 22.0 Å². The number of piperidine rings is 1. The van der Waals surface area contributed by atoms with Gasteiger partial charge in [-0.25, -0.2) is 12.7 Å². The Morgan fingerprint density at radius 3 is 2.57 bits per heavy atom. The normalized spacial score (nSPS) is 16.9. The number of amides is 1. The van der Waals surface area contributed by atoms with E-state index in [1.54, 1.807) is 30.7 Å². The summed E-state index contributed by atoms with van der Waals surface area (Å²) in [6.07, 6.45) is 6.51. The van der Waals surface area contributed by atoms with Gasteiger partial charge in [0.1, 0.15) is 0 Å². The second-order valence-electron chi connectivity index (χ2n) is 7.39. The van der Waals surface area contributed by atoms with E-state index in [9.17, 15) is 13.2 Å². The molecule has 1 aliphatic heterocycles. The zero-order valence-electron chi connectivity index (χ0n) is 16.6. The number of sulfonamides is 1. The zero-order valence-corrected chi connectivity index (χ0v) is 19.0. The quantitative estimate of drug-likeness (QED) is 0.669. The van der Waals surface area contributed by atoms with E-state index >= 15 is 0 Å². The average molecular weight is 471 g/mol. The highest BCUT2D eigenvalue weighted by Gasteiger charge is 2.40. The summed E-state index contributed by atoms with van der Waals surface area (Å²) < 4.78 is 26.4. The van der Waals surface area contributed by atoms with E-state index in [1.165, 1.54) is 10.4 Å². The number of nitrogens with zero attached hydrogens (tertiary/aromatic N) is 3. The second kappa shape index (κ2) is 9.60. The molecule has 1 aromatic carbocycles. The maximum absolute atomic E-state index is 12.7. The van der Waals surface area contributed by atoms with Crippen LogP contribution in [-0.2, 0) is 15.4 Å². The van der Waals surface area contributed by atoms with Crippen molar-refractivity contribution >= 4 is 39.1 Å². The van der Waals surface area contributed by atoms with E-state index in [0.717, 1.165) is 5.69 Å². The van der Waals surface area contributed by atoms with E-state index in [2.05, 4.69) is 15.3 Å². The van der Waals surface area contributed by atoms with Crippen molar-refractivity contribution in [2.75, 3.05) is 25.4 Å². The van der Waals surface area contributed by atoms with Crippen molar-refractivity contribution in [1.82, 2.24) is 19.6 Å². The van der Waals surface area contributed by atoms with Crippen LogP contribution in [-0.4, -0.2) is 54.0 Å². The van der Waals surface area contributed by atoms with Crippen LogP contribution in [0.15, 0.2) is 36.8 Å². The molecule has 1 aliphatic rings. The molecule has 0 aliphatic carbocycles. The van der Waals surface area contributed by atoms with Gasteiger partial charge in [0.25, 0.3) is 5.91 Å². The van der Waals surface area contributed by atoms with Crippen LogP contribution in [0, 0.1) is 0 Å². The Balaban J connectivity index is 1.78. The van der Waals surface area contributed by atoms with Crippen molar-refractivity contribution in [3.63, 3.8) is 0 Å². The van der Waals surface area contributed by atoms with Gasteiger partial charge in [-0.2, -0.15) is 0 Å². The standard InChI is InChI=1S/C20H24Cl2N4O3S/c1-2-11-30(28,29)26-9-5-20(6-10-26,18-13-23-7-8-24-18)14-25-19(27)16-4-3-15(21)12-17(16)22/h3-4,7-8,12-13H,2,5-6,9-11,14H2,1H3,(H,25,27). The number of carbonyl (C=O) groups excluding carboxylic acids is 1. The summed E-state index contributed by atoms with van der Waals surface area (Å²) in [5.74, 6) is -0.183. The molecule has 1 fully saturated rings. The lowest BCUT2D eigenvalue weighted by Gasteiger charge is -2.40. The molecular weight excluding hydrogens is 447 g/mol. The SMILES string of the molecule is CCCS(=O)(=O)N1CCC(CNC(=O)c2ccc(Cl)cc2Cl)(c2cnccn2)CC1. The Bertz CT molecular complexity index is 994. The molecule has 2 aromatic rings. The number of hydrogen-bond donors (Lipinski definition) is 1. The monoisotopic (exact) mass is 470 g/mol. The molecule has 7 nitrogen and oxygen atoms in total. The first-order valence-electron chi connectivity index (χ1n) is 9.75. The van der Waals surface area contributed by atoms with E-state index < -0.39 is 15.4 Å². The molecule has 30 heavy (non-hydrogen) atoms. The van der Waals surface area contributed by atoms with Gasteiger partial charge in [-0.3, -0.25) is 14.8 Å². The molecule has 0 spiro atoms. The van der Waals surface area contributed by atoms with Crippen LogP contribution in [0.4, 0.5) is 0 Å². The predicted molar refractivity (Wildman–Crippen MR) is 117 cm³/mol. The molecule has 10 heteroatoms. The van der Waals surface area contributed by atoms with Crippen molar-refractivity contribution in [2.45, 2.75) is 31.6 Å². The van der Waals surface area contributed by atoms with E-state index in [4.69, 9.17) is 23.2 Å². The van der Waals surface area contributed by atoms with Crippen molar-refractivity contribution in [3.05, 3.63) is 58.1 Å². The van der Waals surface area contributed by atoms with Gasteiger partial charge in [0.15, 0.2) is 0 Å². The summed E-state index contributed by atoms with van der Waals surface area (Å²) in [5, 5.41) is 3.67. The highest BCUT2D eigenvalue weighted by molar-refractivity contribution is 7.89. The molecule has 0 unspecified atom stereocenters. The summed E-state index contributed by atoms with van der Waals surface area (Å²) in [4.78, 5) is 21.3. The van der Waals surface area contributed by atoms with E-state index in [0.29, 0.717) is 49.5 Å². The fourth-order valence-electron chi connectivity index (χ4n) is 3.69. The molecular formula is C20H24Cl2N4O3S. The molecule has 2 heterocycles. The molecule has 0 saturated carbocycles. The number of nitrogens with one attached hydrogen (secondary N) is 1. The Morgan fingerprint density at radius 1 is 1.23 bits per heavy atom. The molecule has 3 rings (SSSR count). The minimum absolute atomic E-state index is 0.136. The lowest BCUT2D eigenvalue weighted by Crippen LogP contribution is -2.51. The minimum atomic E-state index is -3.27. The van der Waals surface area contributed by atoms with Crippen LogP contribution in [0.3, 0.4) is 0 Å². The van der Waals surface area contributed by atoms with E-state index in [-0.39, 0.29) is 16.7 Å². The van der Waals surface area contributed by atoms with Crippen molar-refractivity contribution in [2.24, 2.45) is 0 Å². The van der Waals surface area contributed by atoms with Gasteiger partial charge < -0.3 is 5.32 Å². The fraction of sp³-hybridized carbons (Fsp3) is 0.450. The predicted octanol–water partition coefficient (Wildman–Crippen LogP) is 3.29. The number of benzene rings is 1. The Kier molecular flexibility index (Phi) is 7.34.